The monoisotopic (exact) mass is 458 g/mol. The number of pyridine rings is 1. The van der Waals surface area contributed by atoms with E-state index in [0.29, 0.717) is 0 Å². The molecule has 0 unspecified atom stereocenters. The molecule has 4 radical (unpaired) electrons. The summed E-state index contributed by atoms with van der Waals surface area (Å²) < 4.78 is 2.14. The predicted octanol–water partition coefficient (Wildman–Crippen LogP) is 5.68. The van der Waals surface area contributed by atoms with E-state index < -0.39 is 0 Å². The number of rotatable bonds is 2. The zero-order valence-electron chi connectivity index (χ0n) is 17.2. The van der Waals surface area contributed by atoms with Crippen LogP contribution in [0.3, 0.4) is 0 Å². The Balaban J connectivity index is 0.00000128. The van der Waals surface area contributed by atoms with Crippen molar-refractivity contribution in [3.63, 3.8) is 0 Å². The van der Waals surface area contributed by atoms with Gasteiger partial charge in [-0.2, -0.15) is 29.8 Å². The van der Waals surface area contributed by atoms with E-state index in [0.717, 1.165) is 22.4 Å². The molecule has 1 heterocycles. The van der Waals surface area contributed by atoms with Gasteiger partial charge in [-0.25, -0.2) is 10.1 Å². The summed E-state index contributed by atoms with van der Waals surface area (Å²) in [7, 11) is 2.08. The molecular weight excluding hydrogens is 438 g/mol. The maximum Gasteiger partial charge on any atom is 0.161 e. The van der Waals surface area contributed by atoms with Crippen molar-refractivity contribution in [2.45, 2.75) is 6.92 Å². The zero-order chi connectivity index (χ0) is 19.1. The standard InChI is InChI=1S/C27H20N.B.Y/c1-19-13-14-22(18-25(19)26-12-5-6-17-28(26)2)24-11-7-9-21-16-15-20-8-3-4-10-23(20)27(21)24;;/h3-10,12-17H,1-2H3;;/q-1;;. The van der Waals surface area contributed by atoms with Crippen molar-refractivity contribution >= 4 is 30.0 Å². The first-order chi connectivity index (χ1) is 13.7. The summed E-state index contributed by atoms with van der Waals surface area (Å²) in [6.07, 6.45) is 2.08. The summed E-state index contributed by atoms with van der Waals surface area (Å²) in [6, 6.07) is 34.9. The Morgan fingerprint density at radius 3 is 2.37 bits per heavy atom. The van der Waals surface area contributed by atoms with Crippen molar-refractivity contribution in [3.05, 3.63) is 103 Å². The topological polar surface area (TPSA) is 3.88 Å². The SMILES string of the molecule is Cc1ccc(-c2[c-]ccc3ccc4ccccc4c23)[c-]c1-c1cccc[n+]1C.[B].[Y]. The average molecular weight is 458 g/mol. The van der Waals surface area contributed by atoms with Crippen LogP contribution in [0.15, 0.2) is 85.1 Å². The number of hydrogen-bond acceptors (Lipinski definition) is 0. The normalized spacial score (nSPS) is 10.5. The molecule has 0 bridgehead atoms. The van der Waals surface area contributed by atoms with Gasteiger partial charge in [0.25, 0.3) is 0 Å². The molecule has 30 heavy (non-hydrogen) atoms. The van der Waals surface area contributed by atoms with Crippen molar-refractivity contribution in [1.29, 1.82) is 0 Å². The first-order valence-electron chi connectivity index (χ1n) is 9.53. The number of nitrogens with zero attached hydrogens (tertiary/aromatic N) is 1. The van der Waals surface area contributed by atoms with Crippen molar-refractivity contribution < 1.29 is 37.3 Å². The molecule has 4 aromatic carbocycles. The fourth-order valence-corrected chi connectivity index (χ4v) is 3.97. The smallest absolute Gasteiger partial charge is 0.161 e. The molecule has 0 fully saturated rings. The third-order valence-electron chi connectivity index (χ3n) is 5.44. The molecule has 0 N–H and O–H groups in total. The molecule has 1 nitrogen and oxygen atoms in total. The third-order valence-corrected chi connectivity index (χ3v) is 5.44. The maximum absolute atomic E-state index is 3.69. The van der Waals surface area contributed by atoms with E-state index in [1.165, 1.54) is 27.1 Å². The molecule has 0 saturated carbocycles. The molecule has 0 saturated heterocycles. The van der Waals surface area contributed by atoms with E-state index in [9.17, 15) is 0 Å². The molecule has 0 spiro atoms. The molecule has 1 aromatic heterocycles. The van der Waals surface area contributed by atoms with E-state index in [1.807, 2.05) is 12.1 Å². The van der Waals surface area contributed by atoms with E-state index in [2.05, 4.69) is 104 Å². The minimum absolute atomic E-state index is 0. The van der Waals surface area contributed by atoms with Crippen molar-refractivity contribution in [3.8, 4) is 22.4 Å². The number of aromatic nitrogens is 1. The number of aryl methyl sites for hydroxylation is 2. The van der Waals surface area contributed by atoms with Crippen molar-refractivity contribution in [1.82, 2.24) is 0 Å². The van der Waals surface area contributed by atoms with Crippen molar-refractivity contribution in [2.24, 2.45) is 7.05 Å². The molecular formula is C27H20BNY-. The molecule has 0 aliphatic rings. The van der Waals surface area contributed by atoms with E-state index >= 15 is 0 Å². The Morgan fingerprint density at radius 2 is 1.53 bits per heavy atom. The van der Waals surface area contributed by atoms with Gasteiger partial charge in [-0.15, -0.1) is 28.5 Å². The summed E-state index contributed by atoms with van der Waals surface area (Å²) in [4.78, 5) is 0. The number of hydrogen-bond donors (Lipinski definition) is 0. The molecule has 0 amide bonds. The molecule has 5 rings (SSSR count). The summed E-state index contributed by atoms with van der Waals surface area (Å²) in [5.74, 6) is 0. The van der Waals surface area contributed by atoms with Crippen LogP contribution in [0.4, 0.5) is 0 Å². The largest absolute Gasteiger partial charge is 0.234 e. The first kappa shape index (κ1) is 22.4. The quantitative estimate of drug-likeness (QED) is 0.139. The minimum atomic E-state index is 0. The van der Waals surface area contributed by atoms with E-state index in [4.69, 9.17) is 0 Å². The molecule has 0 aliphatic carbocycles. The van der Waals surface area contributed by atoms with Crippen LogP contribution in [0.5, 0.6) is 0 Å². The Hall–Kier alpha value is -2.28. The third kappa shape index (κ3) is 3.87. The van der Waals surface area contributed by atoms with Gasteiger partial charge in [0.1, 0.15) is 12.7 Å². The fraction of sp³-hybridized carbons (Fsp3) is 0.0741. The van der Waals surface area contributed by atoms with Crippen molar-refractivity contribution in [2.75, 3.05) is 0 Å². The van der Waals surface area contributed by atoms with Crippen LogP contribution in [0.25, 0.3) is 43.9 Å². The van der Waals surface area contributed by atoms with Crippen LogP contribution in [0.2, 0.25) is 0 Å². The Labute approximate surface area is 205 Å². The van der Waals surface area contributed by atoms with E-state index in [-0.39, 0.29) is 41.1 Å². The van der Waals surface area contributed by atoms with Crippen LogP contribution in [-0.4, -0.2) is 8.41 Å². The molecule has 0 atom stereocenters. The Morgan fingerprint density at radius 1 is 0.767 bits per heavy atom. The van der Waals surface area contributed by atoms with Gasteiger partial charge >= 0.3 is 0 Å². The van der Waals surface area contributed by atoms with Gasteiger partial charge in [0, 0.05) is 47.2 Å². The maximum atomic E-state index is 3.69. The summed E-state index contributed by atoms with van der Waals surface area (Å²) in [6.45, 7) is 2.14. The van der Waals surface area contributed by atoms with Crippen LogP contribution < -0.4 is 4.57 Å². The van der Waals surface area contributed by atoms with Gasteiger partial charge in [-0.3, -0.25) is 0 Å². The fourth-order valence-electron chi connectivity index (χ4n) is 3.97. The van der Waals surface area contributed by atoms with E-state index in [1.54, 1.807) is 0 Å². The summed E-state index contributed by atoms with van der Waals surface area (Å²) in [5.41, 5.74) is 5.69. The van der Waals surface area contributed by atoms with Gasteiger partial charge in [0.15, 0.2) is 6.20 Å². The second-order valence-corrected chi connectivity index (χ2v) is 7.23. The predicted molar refractivity (Wildman–Crippen MR) is 122 cm³/mol. The number of fused-ring (bicyclic) bond motifs is 3. The minimum Gasteiger partial charge on any atom is -0.234 e. The van der Waals surface area contributed by atoms with Crippen LogP contribution in [0.1, 0.15) is 5.56 Å². The Kier molecular flexibility index (Phi) is 6.91. The second kappa shape index (κ2) is 9.25. The van der Waals surface area contributed by atoms with Gasteiger partial charge in [0.05, 0.1) is 0 Å². The van der Waals surface area contributed by atoms with Gasteiger partial charge in [0.2, 0.25) is 0 Å². The molecule has 140 valence electrons. The first-order valence-corrected chi connectivity index (χ1v) is 9.53. The van der Waals surface area contributed by atoms with Crippen LogP contribution in [0, 0.1) is 19.1 Å². The number of benzene rings is 4. The summed E-state index contributed by atoms with van der Waals surface area (Å²) >= 11 is 0. The average Bonchev–Trinajstić information content (AvgIpc) is 2.74. The zero-order valence-corrected chi connectivity index (χ0v) is 20.0. The molecule has 0 aliphatic heterocycles. The summed E-state index contributed by atoms with van der Waals surface area (Å²) in [5, 5.41) is 4.97. The van der Waals surface area contributed by atoms with Gasteiger partial charge < -0.3 is 0 Å². The Bertz CT molecular complexity index is 1340. The van der Waals surface area contributed by atoms with Gasteiger partial charge in [-0.05, 0) is 11.5 Å². The van der Waals surface area contributed by atoms with Gasteiger partial charge in [-0.1, -0.05) is 60.3 Å². The van der Waals surface area contributed by atoms with Crippen LogP contribution in [-0.2, 0) is 39.8 Å². The molecule has 3 heteroatoms. The molecule has 5 aromatic rings. The second-order valence-electron chi connectivity index (χ2n) is 7.23. The van der Waals surface area contributed by atoms with Crippen LogP contribution >= 0.6 is 0 Å².